The molecule has 0 spiro atoms. The van der Waals surface area contributed by atoms with Crippen LogP contribution in [0.4, 0.5) is 11.4 Å². The highest BCUT2D eigenvalue weighted by Crippen LogP contribution is 2.44. The number of amides is 1. The molecule has 3 aromatic rings. The van der Waals surface area contributed by atoms with Gasteiger partial charge in [0, 0.05) is 23.3 Å². The lowest BCUT2D eigenvalue weighted by Crippen LogP contribution is -2.41. The monoisotopic (exact) mass is 446 g/mol. The Morgan fingerprint density at radius 2 is 1.85 bits per heavy atom. The maximum atomic E-state index is 13.4. The fourth-order valence-electron chi connectivity index (χ4n) is 4.18. The molecule has 1 unspecified atom stereocenters. The summed E-state index contributed by atoms with van der Waals surface area (Å²) in [5.41, 5.74) is -0.706. The Morgan fingerprint density at radius 1 is 1.06 bits per heavy atom. The second-order valence-electron chi connectivity index (χ2n) is 7.86. The number of benzene rings is 3. The summed E-state index contributed by atoms with van der Waals surface area (Å²) in [4.78, 5) is 38.2. The predicted molar refractivity (Wildman–Crippen MR) is 116 cm³/mol. The standard InChI is InChI=1S/C24H18N2O7/c27-20(16-4-3-5-17(11-16)26(30)31)12-24(29)18-6-1-2-7-19(18)25(23(24)28)13-15-8-9-21-22(10-15)33-14-32-21/h1-11,29H,12-14H2. The van der Waals surface area contributed by atoms with Gasteiger partial charge in [-0.25, -0.2) is 0 Å². The van der Waals surface area contributed by atoms with E-state index >= 15 is 0 Å². The number of hydrogen-bond donors (Lipinski definition) is 1. The van der Waals surface area contributed by atoms with Crippen molar-refractivity contribution in [1.82, 2.24) is 0 Å². The molecule has 9 heteroatoms. The number of nitro groups is 1. The zero-order valence-electron chi connectivity index (χ0n) is 17.3. The van der Waals surface area contributed by atoms with E-state index in [0.717, 1.165) is 11.6 Å². The molecule has 3 aromatic carbocycles. The number of fused-ring (bicyclic) bond motifs is 2. The molecule has 0 aromatic heterocycles. The van der Waals surface area contributed by atoms with Crippen LogP contribution >= 0.6 is 0 Å². The summed E-state index contributed by atoms with van der Waals surface area (Å²) < 4.78 is 10.7. The quantitative estimate of drug-likeness (QED) is 0.350. The lowest BCUT2D eigenvalue weighted by atomic mass is 9.88. The van der Waals surface area contributed by atoms with Crippen LogP contribution in [0.25, 0.3) is 0 Å². The van der Waals surface area contributed by atoms with Crippen molar-refractivity contribution in [3.8, 4) is 11.5 Å². The van der Waals surface area contributed by atoms with Gasteiger partial charge in [0.1, 0.15) is 0 Å². The normalized spacial score (nSPS) is 18.3. The maximum absolute atomic E-state index is 13.4. The molecule has 0 bridgehead atoms. The molecule has 0 saturated carbocycles. The summed E-state index contributed by atoms with van der Waals surface area (Å²) in [6, 6.07) is 17.3. The van der Waals surface area contributed by atoms with Crippen LogP contribution in [0.15, 0.2) is 66.7 Å². The summed E-state index contributed by atoms with van der Waals surface area (Å²) in [5.74, 6) is -0.0241. The van der Waals surface area contributed by atoms with Crippen LogP contribution in [0.3, 0.4) is 0 Å². The molecule has 0 fully saturated rings. The minimum absolute atomic E-state index is 0.0529. The number of aliphatic hydroxyl groups is 1. The van der Waals surface area contributed by atoms with Crippen molar-refractivity contribution in [3.63, 3.8) is 0 Å². The number of hydrogen-bond acceptors (Lipinski definition) is 7. The van der Waals surface area contributed by atoms with Gasteiger partial charge in [-0.15, -0.1) is 0 Å². The fraction of sp³-hybridized carbons (Fsp3) is 0.167. The largest absolute Gasteiger partial charge is 0.454 e. The molecule has 0 aliphatic carbocycles. The van der Waals surface area contributed by atoms with Crippen molar-refractivity contribution in [1.29, 1.82) is 0 Å². The van der Waals surface area contributed by atoms with Crippen molar-refractivity contribution in [3.05, 3.63) is 93.5 Å². The zero-order valence-corrected chi connectivity index (χ0v) is 17.3. The number of Topliss-reactive ketones (excluding diaryl/α,β-unsaturated/α-hetero) is 1. The summed E-state index contributed by atoms with van der Waals surface area (Å²) in [5, 5.41) is 22.5. The first kappa shape index (κ1) is 20.7. The molecule has 1 atom stereocenters. The van der Waals surface area contributed by atoms with Crippen LogP contribution in [0, 0.1) is 10.1 Å². The van der Waals surface area contributed by atoms with Gasteiger partial charge in [0.2, 0.25) is 6.79 Å². The second kappa shape index (κ2) is 7.72. The van der Waals surface area contributed by atoms with Gasteiger partial charge in [-0.05, 0) is 23.8 Å². The number of anilines is 1. The number of nitrogens with zero attached hydrogens (tertiary/aromatic N) is 2. The third kappa shape index (κ3) is 3.48. The number of nitro benzene ring substituents is 1. The number of non-ortho nitro benzene ring substituents is 1. The van der Waals surface area contributed by atoms with E-state index in [1.807, 2.05) is 0 Å². The van der Waals surface area contributed by atoms with Crippen LogP contribution in [0.2, 0.25) is 0 Å². The SMILES string of the molecule is O=C(CC1(O)C(=O)N(Cc2ccc3c(c2)OCO3)c2ccccc21)c1cccc([N+](=O)[O-])c1. The molecule has 2 heterocycles. The molecule has 0 radical (unpaired) electrons. The third-order valence-corrected chi connectivity index (χ3v) is 5.81. The van der Waals surface area contributed by atoms with Gasteiger partial charge in [0.25, 0.3) is 11.6 Å². The average molecular weight is 446 g/mol. The molecule has 1 N–H and O–H groups in total. The van der Waals surface area contributed by atoms with Gasteiger partial charge < -0.3 is 19.5 Å². The van der Waals surface area contributed by atoms with E-state index in [0.29, 0.717) is 22.7 Å². The summed E-state index contributed by atoms with van der Waals surface area (Å²) in [6.07, 6.45) is -0.540. The topological polar surface area (TPSA) is 119 Å². The number of ketones is 1. The first-order valence-electron chi connectivity index (χ1n) is 10.2. The number of carbonyl (C=O) groups is 2. The predicted octanol–water partition coefficient (Wildman–Crippen LogP) is 3.33. The molecule has 5 rings (SSSR count). The van der Waals surface area contributed by atoms with Crippen LogP contribution in [-0.2, 0) is 16.9 Å². The Morgan fingerprint density at radius 3 is 2.67 bits per heavy atom. The Bertz CT molecular complexity index is 1310. The molecule has 2 aliphatic rings. The first-order valence-corrected chi connectivity index (χ1v) is 10.2. The smallest absolute Gasteiger partial charge is 0.270 e. The summed E-state index contributed by atoms with van der Waals surface area (Å²) in [7, 11) is 0. The van der Waals surface area contributed by atoms with Gasteiger partial charge in [-0.3, -0.25) is 19.7 Å². The first-order chi connectivity index (χ1) is 15.9. The summed E-state index contributed by atoms with van der Waals surface area (Å²) >= 11 is 0. The molecule has 166 valence electrons. The Kier molecular flexibility index (Phi) is 4.83. The van der Waals surface area contributed by atoms with Gasteiger partial charge in [-0.1, -0.05) is 36.4 Å². The second-order valence-corrected chi connectivity index (χ2v) is 7.86. The highest BCUT2D eigenvalue weighted by atomic mass is 16.7. The van der Waals surface area contributed by atoms with Crippen molar-refractivity contribution < 1.29 is 29.1 Å². The Labute approximate surface area is 187 Å². The van der Waals surface area contributed by atoms with Gasteiger partial charge in [0.05, 0.1) is 23.6 Å². The van der Waals surface area contributed by atoms with Crippen molar-refractivity contribution >= 4 is 23.1 Å². The summed E-state index contributed by atoms with van der Waals surface area (Å²) in [6.45, 7) is 0.281. The van der Waals surface area contributed by atoms with Gasteiger partial charge in [-0.2, -0.15) is 0 Å². The highest BCUT2D eigenvalue weighted by molar-refractivity contribution is 6.10. The van der Waals surface area contributed by atoms with Crippen LogP contribution in [-0.4, -0.2) is 28.5 Å². The number of ether oxygens (including phenoxy) is 2. The minimum atomic E-state index is -2.09. The molecule has 33 heavy (non-hydrogen) atoms. The van der Waals surface area contributed by atoms with Crippen molar-refractivity contribution in [2.45, 2.75) is 18.6 Å². The van der Waals surface area contributed by atoms with E-state index in [4.69, 9.17) is 9.47 Å². The van der Waals surface area contributed by atoms with Crippen molar-refractivity contribution in [2.24, 2.45) is 0 Å². The van der Waals surface area contributed by atoms with Crippen LogP contribution < -0.4 is 14.4 Å². The van der Waals surface area contributed by atoms with E-state index < -0.39 is 28.6 Å². The Hall–Kier alpha value is -4.24. The highest BCUT2D eigenvalue weighted by Gasteiger charge is 2.50. The van der Waals surface area contributed by atoms with Gasteiger partial charge in [0.15, 0.2) is 22.9 Å². The molecular formula is C24H18N2O7. The van der Waals surface area contributed by atoms with Gasteiger partial charge >= 0.3 is 0 Å². The third-order valence-electron chi connectivity index (χ3n) is 5.81. The number of carbonyl (C=O) groups excluding carboxylic acids is 2. The molecule has 0 saturated heterocycles. The maximum Gasteiger partial charge on any atom is 0.270 e. The van der Waals surface area contributed by atoms with E-state index in [9.17, 15) is 24.8 Å². The van der Waals surface area contributed by atoms with Crippen molar-refractivity contribution in [2.75, 3.05) is 11.7 Å². The molecule has 2 aliphatic heterocycles. The van der Waals surface area contributed by atoms with E-state index in [1.54, 1.807) is 42.5 Å². The lowest BCUT2D eigenvalue weighted by Gasteiger charge is -2.23. The van der Waals surface area contributed by atoms with E-state index in [2.05, 4.69) is 0 Å². The molecule has 9 nitrogen and oxygen atoms in total. The van der Waals surface area contributed by atoms with E-state index in [1.165, 1.54) is 23.1 Å². The zero-order chi connectivity index (χ0) is 23.2. The van der Waals surface area contributed by atoms with Crippen LogP contribution in [0.1, 0.15) is 27.9 Å². The number of para-hydroxylation sites is 1. The lowest BCUT2D eigenvalue weighted by molar-refractivity contribution is -0.384. The van der Waals surface area contributed by atoms with E-state index in [-0.39, 0.29) is 24.6 Å². The number of rotatable bonds is 6. The Balaban J connectivity index is 1.46. The van der Waals surface area contributed by atoms with Crippen LogP contribution in [0.5, 0.6) is 11.5 Å². The molecular weight excluding hydrogens is 428 g/mol. The fourth-order valence-corrected chi connectivity index (χ4v) is 4.18. The molecule has 1 amide bonds. The average Bonchev–Trinajstić information content (AvgIpc) is 3.36. The minimum Gasteiger partial charge on any atom is -0.454 e.